The van der Waals surface area contributed by atoms with Crippen LogP contribution in [0.4, 0.5) is 0 Å². The summed E-state index contributed by atoms with van der Waals surface area (Å²) in [6, 6.07) is 6.73. The molecule has 5 heteroatoms. The first-order valence-corrected chi connectivity index (χ1v) is 8.70. The fraction of sp³-hybridized carbons (Fsp3) is 0.533. The first-order chi connectivity index (χ1) is 9.52. The normalized spacial score (nSPS) is 16.2. The van der Waals surface area contributed by atoms with Gasteiger partial charge in [0, 0.05) is 0 Å². The van der Waals surface area contributed by atoms with Gasteiger partial charge in [-0.25, -0.2) is 13.2 Å². The van der Waals surface area contributed by atoms with Crippen molar-refractivity contribution >= 4 is 15.8 Å². The van der Waals surface area contributed by atoms with Crippen molar-refractivity contribution in [2.75, 3.05) is 12.9 Å². The number of sulfone groups is 1. The Kier molecular flexibility index (Phi) is 4.81. The number of ether oxygens (including phenoxy) is 1. The van der Waals surface area contributed by atoms with Crippen LogP contribution in [0.25, 0.3) is 0 Å². The summed E-state index contributed by atoms with van der Waals surface area (Å²) in [4.78, 5) is 11.6. The minimum Gasteiger partial charge on any atom is -0.465 e. The molecule has 20 heavy (non-hydrogen) atoms. The van der Waals surface area contributed by atoms with Gasteiger partial charge in [0.05, 0.1) is 24.2 Å². The summed E-state index contributed by atoms with van der Waals surface area (Å²) in [5.41, 5.74) is 0.863. The molecule has 0 N–H and O–H groups in total. The summed E-state index contributed by atoms with van der Waals surface area (Å²) < 4.78 is 29.2. The van der Waals surface area contributed by atoms with Crippen LogP contribution < -0.4 is 0 Å². The zero-order valence-electron chi connectivity index (χ0n) is 11.7. The Morgan fingerprint density at radius 3 is 2.55 bits per heavy atom. The van der Waals surface area contributed by atoms with Gasteiger partial charge in [-0.1, -0.05) is 31.0 Å². The molecule has 1 aliphatic carbocycles. The molecule has 1 saturated carbocycles. The van der Waals surface area contributed by atoms with Crippen LogP contribution in [0.15, 0.2) is 24.3 Å². The highest BCUT2D eigenvalue weighted by molar-refractivity contribution is 7.90. The number of rotatable bonds is 5. The summed E-state index contributed by atoms with van der Waals surface area (Å²) in [7, 11) is -1.89. The van der Waals surface area contributed by atoms with Crippen LogP contribution in [0, 0.1) is 5.92 Å². The van der Waals surface area contributed by atoms with Crippen molar-refractivity contribution in [2.24, 2.45) is 5.92 Å². The van der Waals surface area contributed by atoms with Crippen molar-refractivity contribution < 1.29 is 17.9 Å². The number of methoxy groups -OCH3 is 1. The third-order valence-electron chi connectivity index (χ3n) is 3.76. The Balaban J connectivity index is 2.14. The number of carbonyl (C=O) groups is 1. The zero-order valence-corrected chi connectivity index (χ0v) is 12.5. The van der Waals surface area contributed by atoms with Gasteiger partial charge >= 0.3 is 5.97 Å². The van der Waals surface area contributed by atoms with Crippen LogP contribution in [-0.2, 0) is 20.3 Å². The number of benzene rings is 1. The van der Waals surface area contributed by atoms with E-state index in [1.807, 2.05) is 0 Å². The Hall–Kier alpha value is -1.36. The maximum atomic E-state index is 12.3. The van der Waals surface area contributed by atoms with Crippen molar-refractivity contribution in [1.82, 2.24) is 0 Å². The molecule has 0 bridgehead atoms. The predicted molar refractivity (Wildman–Crippen MR) is 77.2 cm³/mol. The molecule has 1 aromatic carbocycles. The Morgan fingerprint density at radius 2 is 1.90 bits per heavy atom. The molecule has 0 aliphatic heterocycles. The van der Waals surface area contributed by atoms with E-state index in [2.05, 4.69) is 0 Å². The van der Waals surface area contributed by atoms with E-state index in [0.717, 1.165) is 25.7 Å². The molecule has 0 atom stereocenters. The molecule has 1 aromatic rings. The average molecular weight is 296 g/mol. The predicted octanol–water partition coefficient (Wildman–Crippen LogP) is 2.58. The quantitative estimate of drug-likeness (QED) is 0.784. The number of hydrogen-bond acceptors (Lipinski definition) is 4. The molecule has 0 radical (unpaired) electrons. The molecule has 0 spiro atoms. The average Bonchev–Trinajstić information content (AvgIpc) is 2.90. The summed E-state index contributed by atoms with van der Waals surface area (Å²) in [5.74, 6) is -0.0703. The van der Waals surface area contributed by atoms with E-state index in [-0.39, 0.29) is 17.4 Å². The van der Waals surface area contributed by atoms with Crippen molar-refractivity contribution in [3.05, 3.63) is 35.4 Å². The minimum atomic E-state index is -3.19. The Labute approximate surface area is 120 Å². The summed E-state index contributed by atoms with van der Waals surface area (Å²) >= 11 is 0. The van der Waals surface area contributed by atoms with E-state index in [1.165, 1.54) is 7.11 Å². The fourth-order valence-electron chi connectivity index (χ4n) is 2.79. The summed E-state index contributed by atoms with van der Waals surface area (Å²) in [6.45, 7) is 0. The highest BCUT2D eigenvalue weighted by Gasteiger charge is 2.24. The molecule has 0 amide bonds. The van der Waals surface area contributed by atoms with Gasteiger partial charge in [0.1, 0.15) is 0 Å². The van der Waals surface area contributed by atoms with Gasteiger partial charge in [0.15, 0.2) is 9.84 Å². The van der Waals surface area contributed by atoms with Gasteiger partial charge in [0.25, 0.3) is 0 Å². The van der Waals surface area contributed by atoms with E-state index in [1.54, 1.807) is 24.3 Å². The van der Waals surface area contributed by atoms with E-state index >= 15 is 0 Å². The van der Waals surface area contributed by atoms with Gasteiger partial charge in [-0.2, -0.15) is 0 Å². The smallest absolute Gasteiger partial charge is 0.338 e. The molecule has 4 nitrogen and oxygen atoms in total. The molecular weight excluding hydrogens is 276 g/mol. The minimum absolute atomic E-state index is 0.0885. The van der Waals surface area contributed by atoms with Gasteiger partial charge in [-0.3, -0.25) is 0 Å². The topological polar surface area (TPSA) is 60.4 Å². The number of hydrogen-bond donors (Lipinski definition) is 0. The molecule has 110 valence electrons. The highest BCUT2D eigenvalue weighted by atomic mass is 32.2. The SMILES string of the molecule is COC(=O)c1ccccc1CS(=O)(=O)CC1CCCC1. The molecule has 0 saturated heterocycles. The van der Waals surface area contributed by atoms with Gasteiger partial charge in [-0.05, 0) is 30.4 Å². The maximum Gasteiger partial charge on any atom is 0.338 e. The number of carbonyl (C=O) groups excluding carboxylic acids is 1. The van der Waals surface area contributed by atoms with Crippen LogP contribution in [0.1, 0.15) is 41.6 Å². The van der Waals surface area contributed by atoms with Crippen molar-refractivity contribution in [3.8, 4) is 0 Å². The van der Waals surface area contributed by atoms with Crippen molar-refractivity contribution in [3.63, 3.8) is 0 Å². The van der Waals surface area contributed by atoms with Crippen molar-refractivity contribution in [1.29, 1.82) is 0 Å². The molecular formula is C15H20O4S. The van der Waals surface area contributed by atoms with Crippen LogP contribution in [0.3, 0.4) is 0 Å². The Morgan fingerprint density at radius 1 is 1.25 bits per heavy atom. The highest BCUT2D eigenvalue weighted by Crippen LogP contribution is 2.27. The number of esters is 1. The lowest BCUT2D eigenvalue weighted by Crippen LogP contribution is -2.17. The van der Waals surface area contributed by atoms with E-state index in [4.69, 9.17) is 4.74 Å². The van der Waals surface area contributed by atoms with Crippen LogP contribution in [0.5, 0.6) is 0 Å². The zero-order chi connectivity index (χ0) is 14.6. The molecule has 0 unspecified atom stereocenters. The van der Waals surface area contributed by atoms with Crippen LogP contribution >= 0.6 is 0 Å². The maximum absolute atomic E-state index is 12.3. The largest absolute Gasteiger partial charge is 0.465 e. The standard InChI is InChI=1S/C15H20O4S/c1-19-15(16)14-9-5-4-8-13(14)11-20(17,18)10-12-6-2-3-7-12/h4-5,8-9,12H,2-3,6-7,10-11H2,1H3. The second kappa shape index (κ2) is 6.39. The van der Waals surface area contributed by atoms with Gasteiger partial charge in [0.2, 0.25) is 0 Å². The van der Waals surface area contributed by atoms with E-state index in [0.29, 0.717) is 11.1 Å². The second-order valence-electron chi connectivity index (χ2n) is 5.35. The third-order valence-corrected chi connectivity index (χ3v) is 5.49. The summed E-state index contributed by atoms with van der Waals surface area (Å²) in [5, 5.41) is 0. The van der Waals surface area contributed by atoms with E-state index in [9.17, 15) is 13.2 Å². The van der Waals surface area contributed by atoms with Gasteiger partial charge < -0.3 is 4.74 Å². The van der Waals surface area contributed by atoms with Crippen molar-refractivity contribution in [2.45, 2.75) is 31.4 Å². The lowest BCUT2D eigenvalue weighted by Gasteiger charge is -2.12. The molecule has 1 fully saturated rings. The molecule has 0 aromatic heterocycles. The van der Waals surface area contributed by atoms with E-state index < -0.39 is 15.8 Å². The lowest BCUT2D eigenvalue weighted by atomic mass is 10.1. The fourth-order valence-corrected chi connectivity index (χ4v) is 4.68. The summed E-state index contributed by atoms with van der Waals surface area (Å²) in [6.07, 6.45) is 4.24. The Bertz CT molecular complexity index is 571. The second-order valence-corrected chi connectivity index (χ2v) is 7.46. The van der Waals surface area contributed by atoms with Gasteiger partial charge in [-0.15, -0.1) is 0 Å². The lowest BCUT2D eigenvalue weighted by molar-refractivity contribution is 0.0600. The van der Waals surface area contributed by atoms with Crippen LogP contribution in [-0.4, -0.2) is 27.2 Å². The molecule has 2 rings (SSSR count). The first-order valence-electron chi connectivity index (χ1n) is 6.88. The molecule has 0 heterocycles. The third kappa shape index (κ3) is 3.82. The molecule has 1 aliphatic rings. The monoisotopic (exact) mass is 296 g/mol. The van der Waals surface area contributed by atoms with Crippen LogP contribution in [0.2, 0.25) is 0 Å². The first kappa shape index (κ1) is 15.0.